The molecular formula is C12H11NO2S. The molecule has 1 aromatic carbocycles. The smallest absolute Gasteiger partial charge is 0.154 e. The summed E-state index contributed by atoms with van der Waals surface area (Å²) >= 11 is 1.55. The Balaban J connectivity index is 1.85. The van der Waals surface area contributed by atoms with Crippen molar-refractivity contribution in [2.24, 2.45) is 0 Å². The third-order valence-electron chi connectivity index (χ3n) is 2.65. The number of para-hydroxylation sites is 1. The average molecular weight is 233 g/mol. The number of rotatable bonds is 2. The van der Waals surface area contributed by atoms with E-state index in [1.54, 1.807) is 11.3 Å². The Morgan fingerprint density at radius 2 is 2.31 bits per heavy atom. The third kappa shape index (κ3) is 1.60. The second-order valence-electron chi connectivity index (χ2n) is 3.75. The lowest BCUT2D eigenvalue weighted by Crippen LogP contribution is -2.02. The lowest BCUT2D eigenvalue weighted by molar-refractivity contribution is 0.236. The highest BCUT2D eigenvalue weighted by Crippen LogP contribution is 2.37. The molecule has 4 heteroatoms. The van der Waals surface area contributed by atoms with Gasteiger partial charge in [-0.3, -0.25) is 0 Å². The molecule has 1 atom stereocenters. The largest absolute Gasteiger partial charge is 0.483 e. The normalized spacial score (nSPS) is 18.2. The first-order valence-electron chi connectivity index (χ1n) is 5.16. The number of aliphatic hydroxyl groups is 1. The van der Waals surface area contributed by atoms with Crippen molar-refractivity contribution in [2.75, 3.05) is 0 Å². The summed E-state index contributed by atoms with van der Waals surface area (Å²) in [5.74, 6) is 0.952. The standard InChI is InChI=1S/C12H11NO2S/c14-6-9-7-16-12(13-9)11-5-8-3-1-2-4-10(8)15-11/h1-4,7,11,14H,5-6H2. The van der Waals surface area contributed by atoms with Crippen LogP contribution in [0.15, 0.2) is 29.6 Å². The molecule has 0 radical (unpaired) electrons. The quantitative estimate of drug-likeness (QED) is 0.865. The highest BCUT2D eigenvalue weighted by Gasteiger charge is 2.26. The summed E-state index contributed by atoms with van der Waals surface area (Å²) in [6, 6.07) is 8.06. The van der Waals surface area contributed by atoms with Crippen LogP contribution < -0.4 is 4.74 Å². The van der Waals surface area contributed by atoms with Crippen molar-refractivity contribution < 1.29 is 9.84 Å². The summed E-state index contributed by atoms with van der Waals surface area (Å²) in [7, 11) is 0. The number of hydrogen-bond acceptors (Lipinski definition) is 4. The van der Waals surface area contributed by atoms with Crippen molar-refractivity contribution in [1.29, 1.82) is 0 Å². The van der Waals surface area contributed by atoms with Crippen LogP contribution in [0.3, 0.4) is 0 Å². The van der Waals surface area contributed by atoms with Crippen LogP contribution in [0.5, 0.6) is 5.75 Å². The van der Waals surface area contributed by atoms with Crippen LogP contribution in [0, 0.1) is 0 Å². The number of ether oxygens (including phenoxy) is 1. The Bertz CT molecular complexity index is 484. The van der Waals surface area contributed by atoms with E-state index in [0.717, 1.165) is 22.9 Å². The van der Waals surface area contributed by atoms with Crippen molar-refractivity contribution >= 4 is 11.3 Å². The minimum atomic E-state index is -0.00380. The van der Waals surface area contributed by atoms with Crippen molar-refractivity contribution in [3.8, 4) is 5.75 Å². The lowest BCUT2D eigenvalue weighted by atomic mass is 10.1. The predicted molar refractivity (Wildman–Crippen MR) is 61.6 cm³/mol. The minimum Gasteiger partial charge on any atom is -0.483 e. The summed E-state index contributed by atoms with van der Waals surface area (Å²) in [5.41, 5.74) is 1.95. The molecule has 3 nitrogen and oxygen atoms in total. The van der Waals surface area contributed by atoms with Crippen molar-refractivity contribution in [1.82, 2.24) is 4.98 Å². The summed E-state index contributed by atoms with van der Waals surface area (Å²) < 4.78 is 5.82. The summed E-state index contributed by atoms with van der Waals surface area (Å²) in [6.07, 6.45) is 0.886. The maximum Gasteiger partial charge on any atom is 0.154 e. The first-order valence-corrected chi connectivity index (χ1v) is 6.04. The topological polar surface area (TPSA) is 42.4 Å². The maximum atomic E-state index is 8.97. The maximum absolute atomic E-state index is 8.97. The molecule has 1 aromatic heterocycles. The molecule has 3 rings (SSSR count). The Kier molecular flexibility index (Phi) is 2.38. The monoisotopic (exact) mass is 233 g/mol. The lowest BCUT2D eigenvalue weighted by Gasteiger charge is -2.06. The van der Waals surface area contributed by atoms with Gasteiger partial charge in [-0.15, -0.1) is 11.3 Å². The molecule has 82 valence electrons. The van der Waals surface area contributed by atoms with Gasteiger partial charge in [0.2, 0.25) is 0 Å². The number of aliphatic hydroxyl groups excluding tert-OH is 1. The van der Waals surface area contributed by atoms with E-state index in [2.05, 4.69) is 11.1 Å². The highest BCUT2D eigenvalue weighted by atomic mass is 32.1. The molecule has 0 amide bonds. The van der Waals surface area contributed by atoms with Crippen LogP contribution in [0.4, 0.5) is 0 Å². The summed E-state index contributed by atoms with van der Waals surface area (Å²) in [5, 5.41) is 11.8. The van der Waals surface area contributed by atoms with Gasteiger partial charge >= 0.3 is 0 Å². The molecule has 1 N–H and O–H groups in total. The molecule has 1 aliphatic rings. The number of fused-ring (bicyclic) bond motifs is 1. The zero-order valence-corrected chi connectivity index (χ0v) is 9.41. The van der Waals surface area contributed by atoms with Gasteiger partial charge < -0.3 is 9.84 Å². The van der Waals surface area contributed by atoms with Crippen LogP contribution in [0.2, 0.25) is 0 Å². The molecular weight excluding hydrogens is 222 g/mol. The van der Waals surface area contributed by atoms with Crippen molar-refractivity contribution in [3.63, 3.8) is 0 Å². The molecule has 0 bridgehead atoms. The van der Waals surface area contributed by atoms with Gasteiger partial charge in [0, 0.05) is 11.8 Å². The number of aromatic nitrogens is 1. The van der Waals surface area contributed by atoms with Gasteiger partial charge in [0.1, 0.15) is 10.8 Å². The molecule has 0 spiro atoms. The van der Waals surface area contributed by atoms with Gasteiger partial charge in [-0.1, -0.05) is 18.2 Å². The molecule has 2 aromatic rings. The minimum absolute atomic E-state index is 0.00380. The van der Waals surface area contributed by atoms with Crippen molar-refractivity contribution in [2.45, 2.75) is 19.1 Å². The Morgan fingerprint density at radius 1 is 1.44 bits per heavy atom. The highest BCUT2D eigenvalue weighted by molar-refractivity contribution is 7.09. The second kappa shape index (κ2) is 3.88. The molecule has 0 fully saturated rings. The van der Waals surface area contributed by atoms with E-state index in [1.807, 2.05) is 23.6 Å². The van der Waals surface area contributed by atoms with Gasteiger partial charge in [0.15, 0.2) is 6.10 Å². The number of thiazole rings is 1. The van der Waals surface area contributed by atoms with Gasteiger partial charge in [0.05, 0.1) is 12.3 Å². The molecule has 0 aliphatic carbocycles. The zero-order valence-electron chi connectivity index (χ0n) is 8.59. The number of nitrogens with zero attached hydrogens (tertiary/aromatic N) is 1. The average Bonchev–Trinajstić information content (AvgIpc) is 2.95. The van der Waals surface area contributed by atoms with Gasteiger partial charge in [-0.05, 0) is 11.6 Å². The number of hydrogen-bond donors (Lipinski definition) is 1. The van der Waals surface area contributed by atoms with Crippen LogP contribution in [0.25, 0.3) is 0 Å². The van der Waals surface area contributed by atoms with E-state index in [-0.39, 0.29) is 12.7 Å². The zero-order chi connectivity index (χ0) is 11.0. The summed E-state index contributed by atoms with van der Waals surface area (Å²) in [6.45, 7) is -0.00380. The fourth-order valence-corrected chi connectivity index (χ4v) is 2.70. The fourth-order valence-electron chi connectivity index (χ4n) is 1.86. The Morgan fingerprint density at radius 3 is 3.06 bits per heavy atom. The van der Waals surface area contributed by atoms with Gasteiger partial charge in [0.25, 0.3) is 0 Å². The molecule has 16 heavy (non-hydrogen) atoms. The SMILES string of the molecule is OCc1csc(C2Cc3ccccc3O2)n1. The molecule has 1 aliphatic heterocycles. The third-order valence-corrected chi connectivity index (χ3v) is 3.64. The van der Waals surface area contributed by atoms with Gasteiger partial charge in [-0.25, -0.2) is 4.98 Å². The van der Waals surface area contributed by atoms with E-state index in [0.29, 0.717) is 0 Å². The summed E-state index contributed by atoms with van der Waals surface area (Å²) in [4.78, 5) is 4.34. The van der Waals surface area contributed by atoms with E-state index < -0.39 is 0 Å². The van der Waals surface area contributed by atoms with E-state index in [9.17, 15) is 0 Å². The van der Waals surface area contributed by atoms with E-state index in [4.69, 9.17) is 9.84 Å². The van der Waals surface area contributed by atoms with Crippen LogP contribution >= 0.6 is 11.3 Å². The van der Waals surface area contributed by atoms with E-state index >= 15 is 0 Å². The Labute approximate surface area is 97.3 Å². The first kappa shape index (κ1) is 9.81. The van der Waals surface area contributed by atoms with E-state index in [1.165, 1.54) is 5.56 Å². The van der Waals surface area contributed by atoms with Crippen LogP contribution in [-0.4, -0.2) is 10.1 Å². The first-order chi connectivity index (χ1) is 7.86. The number of benzene rings is 1. The molecule has 0 saturated heterocycles. The second-order valence-corrected chi connectivity index (χ2v) is 4.64. The molecule has 1 unspecified atom stereocenters. The molecule has 0 saturated carbocycles. The van der Waals surface area contributed by atoms with Crippen LogP contribution in [0.1, 0.15) is 22.4 Å². The molecule has 2 heterocycles. The fraction of sp³-hybridized carbons (Fsp3) is 0.250. The van der Waals surface area contributed by atoms with Crippen LogP contribution in [-0.2, 0) is 13.0 Å². The predicted octanol–water partition coefficient (Wildman–Crippen LogP) is 2.31. The van der Waals surface area contributed by atoms with Crippen molar-refractivity contribution in [3.05, 3.63) is 45.9 Å². The Hall–Kier alpha value is -1.39. The van der Waals surface area contributed by atoms with Gasteiger partial charge in [-0.2, -0.15) is 0 Å².